The van der Waals surface area contributed by atoms with Crippen molar-refractivity contribution in [2.24, 2.45) is 5.92 Å². The second-order valence-electron chi connectivity index (χ2n) is 8.24. The number of esters is 1. The monoisotopic (exact) mass is 426 g/mol. The zero-order valence-electron chi connectivity index (χ0n) is 18.8. The quantitative estimate of drug-likeness (QED) is 0.0990. The van der Waals surface area contributed by atoms with E-state index in [4.69, 9.17) is 14.9 Å². The first-order valence-corrected chi connectivity index (χ1v) is 11.6. The van der Waals surface area contributed by atoms with Crippen LogP contribution in [0.2, 0.25) is 0 Å². The van der Waals surface area contributed by atoms with E-state index in [1.165, 1.54) is 57.8 Å². The first-order chi connectivity index (χ1) is 14.4. The number of carbonyl (C=O) groups excluding carboxylic acids is 1. The summed E-state index contributed by atoms with van der Waals surface area (Å²) in [4.78, 5) is 32.8. The molecule has 0 amide bonds. The van der Waals surface area contributed by atoms with Gasteiger partial charge in [-0.25, -0.2) is 4.79 Å². The molecule has 2 N–H and O–H groups in total. The molecule has 0 aromatic rings. The van der Waals surface area contributed by atoms with Crippen LogP contribution in [0, 0.1) is 5.92 Å². The predicted octanol–water partition coefficient (Wildman–Crippen LogP) is 6.13. The van der Waals surface area contributed by atoms with Crippen molar-refractivity contribution in [2.75, 3.05) is 6.61 Å². The van der Waals surface area contributed by atoms with Crippen LogP contribution in [0.3, 0.4) is 0 Å². The Kier molecular flexibility index (Phi) is 18.0. The molecule has 0 bridgehead atoms. The summed E-state index contributed by atoms with van der Waals surface area (Å²) < 4.78 is 5.07. The molecular formula is C24H42O6. The van der Waals surface area contributed by atoms with Crippen molar-refractivity contribution in [1.82, 2.24) is 0 Å². The van der Waals surface area contributed by atoms with Gasteiger partial charge in [-0.15, -0.1) is 0 Å². The fourth-order valence-corrected chi connectivity index (χ4v) is 3.39. The highest BCUT2D eigenvalue weighted by Gasteiger charge is 2.24. The number of carboxylic acid groups (broad SMARTS) is 2. The molecule has 30 heavy (non-hydrogen) atoms. The first kappa shape index (κ1) is 28.1. The number of carbonyl (C=O) groups is 3. The summed E-state index contributed by atoms with van der Waals surface area (Å²) in [6, 6.07) is 0. The largest absolute Gasteiger partial charge is 0.481 e. The van der Waals surface area contributed by atoms with Crippen LogP contribution in [0.1, 0.15) is 110 Å². The lowest BCUT2D eigenvalue weighted by Gasteiger charge is -2.07. The normalized spacial score (nSPS) is 10.9. The second kappa shape index (κ2) is 19.1. The molecule has 6 heteroatoms. The van der Waals surface area contributed by atoms with Gasteiger partial charge in [-0.1, -0.05) is 96.5 Å². The van der Waals surface area contributed by atoms with Gasteiger partial charge in [-0.3, -0.25) is 9.59 Å². The zero-order valence-corrected chi connectivity index (χ0v) is 18.8. The molecule has 0 aromatic heterocycles. The Balaban J connectivity index is 3.25. The minimum Gasteiger partial charge on any atom is -0.481 e. The van der Waals surface area contributed by atoms with Crippen LogP contribution in [0.5, 0.6) is 0 Å². The maximum atomic E-state index is 11.2. The van der Waals surface area contributed by atoms with Crippen molar-refractivity contribution in [1.29, 1.82) is 0 Å². The van der Waals surface area contributed by atoms with E-state index in [0.717, 1.165) is 32.1 Å². The van der Waals surface area contributed by atoms with Gasteiger partial charge in [0.1, 0.15) is 0 Å². The molecule has 0 aliphatic rings. The summed E-state index contributed by atoms with van der Waals surface area (Å²) in [7, 11) is 0. The SMILES string of the molecule is C=C(C)C(=O)OCCCCCCCCCCCCCCCCCC(C(=O)O)C(=O)O. The fourth-order valence-electron chi connectivity index (χ4n) is 3.39. The van der Waals surface area contributed by atoms with Crippen LogP contribution in [-0.2, 0) is 19.1 Å². The Morgan fingerprint density at radius 3 is 1.33 bits per heavy atom. The van der Waals surface area contributed by atoms with Crippen molar-refractivity contribution < 1.29 is 29.3 Å². The molecule has 0 spiro atoms. The van der Waals surface area contributed by atoms with E-state index in [0.29, 0.717) is 18.6 Å². The van der Waals surface area contributed by atoms with Gasteiger partial charge < -0.3 is 14.9 Å². The summed E-state index contributed by atoms with van der Waals surface area (Å²) >= 11 is 0. The van der Waals surface area contributed by atoms with Crippen molar-refractivity contribution in [3.05, 3.63) is 12.2 Å². The highest BCUT2D eigenvalue weighted by Crippen LogP contribution is 2.15. The summed E-state index contributed by atoms with van der Waals surface area (Å²) in [5.74, 6) is -4.01. The number of hydrogen-bond donors (Lipinski definition) is 2. The van der Waals surface area contributed by atoms with E-state index in [-0.39, 0.29) is 12.4 Å². The zero-order chi connectivity index (χ0) is 22.6. The van der Waals surface area contributed by atoms with Gasteiger partial charge in [0, 0.05) is 5.57 Å². The van der Waals surface area contributed by atoms with Gasteiger partial charge in [0.2, 0.25) is 0 Å². The third-order valence-electron chi connectivity index (χ3n) is 5.31. The molecule has 174 valence electrons. The molecular weight excluding hydrogens is 384 g/mol. The maximum absolute atomic E-state index is 11.2. The Labute approximate surface area is 182 Å². The van der Waals surface area contributed by atoms with E-state index in [9.17, 15) is 14.4 Å². The molecule has 0 rings (SSSR count). The van der Waals surface area contributed by atoms with Crippen LogP contribution in [0.4, 0.5) is 0 Å². The van der Waals surface area contributed by atoms with E-state index in [1.54, 1.807) is 6.92 Å². The van der Waals surface area contributed by atoms with Crippen LogP contribution >= 0.6 is 0 Å². The van der Waals surface area contributed by atoms with Gasteiger partial charge in [0.25, 0.3) is 0 Å². The third-order valence-corrected chi connectivity index (χ3v) is 5.31. The Morgan fingerprint density at radius 1 is 0.667 bits per heavy atom. The number of rotatable bonds is 21. The molecule has 0 heterocycles. The molecule has 0 aliphatic carbocycles. The molecule has 0 saturated heterocycles. The molecule has 0 radical (unpaired) electrons. The van der Waals surface area contributed by atoms with E-state index >= 15 is 0 Å². The van der Waals surface area contributed by atoms with Gasteiger partial charge >= 0.3 is 17.9 Å². The average molecular weight is 427 g/mol. The number of ether oxygens (including phenoxy) is 1. The number of aliphatic carboxylic acids is 2. The molecule has 0 unspecified atom stereocenters. The van der Waals surface area contributed by atoms with Gasteiger partial charge in [0.15, 0.2) is 5.92 Å². The highest BCUT2D eigenvalue weighted by molar-refractivity contribution is 5.92. The fraction of sp³-hybridized carbons (Fsp3) is 0.792. The van der Waals surface area contributed by atoms with E-state index in [1.807, 2.05) is 0 Å². The lowest BCUT2D eigenvalue weighted by atomic mass is 10.00. The smallest absolute Gasteiger partial charge is 0.333 e. The average Bonchev–Trinajstić information content (AvgIpc) is 2.68. The third kappa shape index (κ3) is 17.0. The Morgan fingerprint density at radius 2 is 1.00 bits per heavy atom. The topological polar surface area (TPSA) is 101 Å². The molecule has 0 fully saturated rings. The minimum atomic E-state index is -1.25. The van der Waals surface area contributed by atoms with Crippen molar-refractivity contribution in [3.63, 3.8) is 0 Å². The van der Waals surface area contributed by atoms with Gasteiger partial charge in [0.05, 0.1) is 6.61 Å². The Bertz CT molecular complexity index is 486. The highest BCUT2D eigenvalue weighted by atomic mass is 16.5. The number of carboxylic acids is 2. The van der Waals surface area contributed by atoms with Crippen molar-refractivity contribution >= 4 is 17.9 Å². The van der Waals surface area contributed by atoms with Gasteiger partial charge in [-0.2, -0.15) is 0 Å². The van der Waals surface area contributed by atoms with Gasteiger partial charge in [-0.05, 0) is 19.8 Å². The number of unbranched alkanes of at least 4 members (excludes halogenated alkanes) is 14. The maximum Gasteiger partial charge on any atom is 0.333 e. The van der Waals surface area contributed by atoms with Crippen LogP contribution < -0.4 is 0 Å². The van der Waals surface area contributed by atoms with Crippen LogP contribution in [-0.4, -0.2) is 34.7 Å². The lowest BCUT2D eigenvalue weighted by Crippen LogP contribution is -2.23. The Hall–Kier alpha value is -1.85. The molecule has 0 atom stereocenters. The summed E-state index contributed by atoms with van der Waals surface area (Å²) in [6.45, 7) is 5.72. The first-order valence-electron chi connectivity index (χ1n) is 11.6. The van der Waals surface area contributed by atoms with Crippen molar-refractivity contribution in [3.8, 4) is 0 Å². The van der Waals surface area contributed by atoms with Crippen LogP contribution in [0.15, 0.2) is 12.2 Å². The molecule has 0 aliphatic heterocycles. The van der Waals surface area contributed by atoms with Crippen LogP contribution in [0.25, 0.3) is 0 Å². The predicted molar refractivity (Wildman–Crippen MR) is 118 cm³/mol. The summed E-state index contributed by atoms with van der Waals surface area (Å²) in [6.07, 6.45) is 17.4. The van der Waals surface area contributed by atoms with Crippen molar-refractivity contribution in [2.45, 2.75) is 110 Å². The van der Waals surface area contributed by atoms with E-state index < -0.39 is 17.9 Å². The molecule has 6 nitrogen and oxygen atoms in total. The summed E-state index contributed by atoms with van der Waals surface area (Å²) in [5, 5.41) is 17.6. The summed E-state index contributed by atoms with van der Waals surface area (Å²) in [5.41, 5.74) is 0.457. The van der Waals surface area contributed by atoms with E-state index in [2.05, 4.69) is 6.58 Å². The molecule has 0 aromatic carbocycles. The lowest BCUT2D eigenvalue weighted by molar-refractivity contribution is -0.154. The second-order valence-corrected chi connectivity index (χ2v) is 8.24. The number of hydrogen-bond acceptors (Lipinski definition) is 4. The molecule has 0 saturated carbocycles. The standard InChI is InChI=1S/C24H42O6/c1-20(2)24(29)30-19-17-15-13-11-9-7-5-3-4-6-8-10-12-14-16-18-21(22(25)26)23(27)28/h21H,1,3-19H2,2H3,(H,25,26)(H,27,28). The minimum absolute atomic E-state index is 0.229.